The van der Waals surface area contributed by atoms with E-state index in [0.717, 1.165) is 5.56 Å². The fourth-order valence-electron chi connectivity index (χ4n) is 1.81. The van der Waals surface area contributed by atoms with Crippen LogP contribution in [-0.4, -0.2) is 7.11 Å². The van der Waals surface area contributed by atoms with E-state index in [1.54, 1.807) is 24.3 Å². The largest absolute Gasteiger partial charge is 0.495 e. The lowest BCUT2D eigenvalue weighted by molar-refractivity contribution is 0.413. The van der Waals surface area contributed by atoms with Crippen LogP contribution in [0.2, 0.25) is 15.1 Å². The molecule has 0 aliphatic heterocycles. The van der Waals surface area contributed by atoms with Gasteiger partial charge in [-0.3, -0.25) is 0 Å². The summed E-state index contributed by atoms with van der Waals surface area (Å²) in [7, 11) is 1.53. The summed E-state index contributed by atoms with van der Waals surface area (Å²) in [6, 6.07) is 10.7. The zero-order chi connectivity index (χ0) is 15.4. The summed E-state index contributed by atoms with van der Waals surface area (Å²) in [5.41, 5.74) is 2.09. The second kappa shape index (κ2) is 6.91. The number of halogens is 3. The van der Waals surface area contributed by atoms with Crippen molar-refractivity contribution in [3.8, 4) is 11.8 Å². The number of rotatable bonds is 4. The Hall–Kier alpha value is -1.60. The molecule has 0 aliphatic rings. The molecule has 0 atom stereocenters. The number of ether oxygens (including phenoxy) is 1. The maximum absolute atomic E-state index is 9.07. The molecule has 0 fully saturated rings. The molecule has 0 aliphatic carbocycles. The van der Waals surface area contributed by atoms with Crippen LogP contribution in [0.15, 0.2) is 30.3 Å². The van der Waals surface area contributed by atoms with Crippen LogP contribution >= 0.6 is 34.8 Å². The second-order valence-electron chi connectivity index (χ2n) is 4.25. The normalized spacial score (nSPS) is 10.0. The van der Waals surface area contributed by atoms with Gasteiger partial charge in [-0.1, -0.05) is 40.9 Å². The maximum atomic E-state index is 9.07. The van der Waals surface area contributed by atoms with Gasteiger partial charge in [0.2, 0.25) is 0 Å². The van der Waals surface area contributed by atoms with Gasteiger partial charge in [0.25, 0.3) is 0 Å². The summed E-state index contributed by atoms with van der Waals surface area (Å²) >= 11 is 17.9. The van der Waals surface area contributed by atoms with Crippen molar-refractivity contribution in [3.05, 3.63) is 56.5 Å². The lowest BCUT2D eigenvalue weighted by atomic mass is 10.1. The van der Waals surface area contributed by atoms with Gasteiger partial charge in [0.05, 0.1) is 33.4 Å². The standard InChI is InChI=1S/C15H11Cl3N2O/c1-21-15-3-2-9(4-10(15)7-19)8-20-14-6-12(17)11(16)5-13(14)18/h2-6,20H,8H2,1H3. The van der Waals surface area contributed by atoms with Crippen LogP contribution in [0, 0.1) is 11.3 Å². The van der Waals surface area contributed by atoms with E-state index in [1.807, 2.05) is 6.07 Å². The van der Waals surface area contributed by atoms with E-state index in [0.29, 0.717) is 38.6 Å². The van der Waals surface area contributed by atoms with E-state index in [2.05, 4.69) is 11.4 Å². The van der Waals surface area contributed by atoms with Gasteiger partial charge >= 0.3 is 0 Å². The highest BCUT2D eigenvalue weighted by atomic mass is 35.5. The Morgan fingerprint density at radius 1 is 1.10 bits per heavy atom. The molecule has 6 heteroatoms. The molecule has 0 bridgehead atoms. The zero-order valence-electron chi connectivity index (χ0n) is 11.1. The molecule has 0 spiro atoms. The predicted octanol–water partition coefficient (Wildman–Crippen LogP) is 5.14. The van der Waals surface area contributed by atoms with E-state index in [9.17, 15) is 0 Å². The number of methoxy groups -OCH3 is 1. The molecule has 21 heavy (non-hydrogen) atoms. The molecule has 0 saturated carbocycles. The highest BCUT2D eigenvalue weighted by molar-refractivity contribution is 6.44. The van der Waals surface area contributed by atoms with Crippen LogP contribution in [0.5, 0.6) is 5.75 Å². The third-order valence-electron chi connectivity index (χ3n) is 2.88. The molecule has 0 saturated heterocycles. The van der Waals surface area contributed by atoms with Gasteiger partial charge in [-0.15, -0.1) is 0 Å². The Labute approximate surface area is 138 Å². The highest BCUT2D eigenvalue weighted by Crippen LogP contribution is 2.32. The number of nitrogens with zero attached hydrogens (tertiary/aromatic N) is 1. The lowest BCUT2D eigenvalue weighted by Crippen LogP contribution is -2.01. The highest BCUT2D eigenvalue weighted by Gasteiger charge is 2.07. The third-order valence-corrected chi connectivity index (χ3v) is 3.91. The van der Waals surface area contributed by atoms with Gasteiger partial charge in [0, 0.05) is 6.54 Å². The average molecular weight is 342 g/mol. The van der Waals surface area contributed by atoms with Crippen molar-refractivity contribution in [1.29, 1.82) is 5.26 Å². The number of hydrogen-bond acceptors (Lipinski definition) is 3. The van der Waals surface area contributed by atoms with Crippen LogP contribution in [0.1, 0.15) is 11.1 Å². The van der Waals surface area contributed by atoms with Crippen LogP contribution in [0.25, 0.3) is 0 Å². The Balaban J connectivity index is 2.17. The van der Waals surface area contributed by atoms with E-state index < -0.39 is 0 Å². The molecule has 1 N–H and O–H groups in total. The summed E-state index contributed by atoms with van der Waals surface area (Å²) < 4.78 is 5.11. The maximum Gasteiger partial charge on any atom is 0.136 e. The van der Waals surface area contributed by atoms with Gasteiger partial charge in [-0.2, -0.15) is 5.26 Å². The molecule has 0 radical (unpaired) electrons. The molecule has 0 unspecified atom stereocenters. The first kappa shape index (κ1) is 15.8. The number of anilines is 1. The number of nitrogens with one attached hydrogen (secondary N) is 1. The number of hydrogen-bond donors (Lipinski definition) is 1. The monoisotopic (exact) mass is 340 g/mol. The number of benzene rings is 2. The van der Waals surface area contributed by atoms with Gasteiger partial charge in [-0.05, 0) is 29.8 Å². The summed E-state index contributed by atoms with van der Waals surface area (Å²) in [5.74, 6) is 0.550. The SMILES string of the molecule is COc1ccc(CNc2cc(Cl)c(Cl)cc2Cl)cc1C#N. The van der Waals surface area contributed by atoms with Crippen molar-refractivity contribution in [2.45, 2.75) is 6.54 Å². The third kappa shape index (κ3) is 3.74. The topological polar surface area (TPSA) is 45.0 Å². The van der Waals surface area contributed by atoms with E-state index in [-0.39, 0.29) is 0 Å². The van der Waals surface area contributed by atoms with Crippen molar-refractivity contribution in [1.82, 2.24) is 0 Å². The fraction of sp³-hybridized carbons (Fsp3) is 0.133. The quantitative estimate of drug-likeness (QED) is 0.783. The van der Waals surface area contributed by atoms with Crippen LogP contribution in [0.3, 0.4) is 0 Å². The van der Waals surface area contributed by atoms with E-state index >= 15 is 0 Å². The van der Waals surface area contributed by atoms with Crippen molar-refractivity contribution >= 4 is 40.5 Å². The molecule has 2 rings (SSSR count). The molecular weight excluding hydrogens is 331 g/mol. The fourth-order valence-corrected chi connectivity index (χ4v) is 2.42. The molecule has 0 heterocycles. The van der Waals surface area contributed by atoms with Gasteiger partial charge in [-0.25, -0.2) is 0 Å². The summed E-state index contributed by atoms with van der Waals surface area (Å²) in [6.45, 7) is 0.496. The lowest BCUT2D eigenvalue weighted by Gasteiger charge is -2.11. The summed E-state index contributed by atoms with van der Waals surface area (Å²) in [6.07, 6.45) is 0. The molecule has 2 aromatic carbocycles. The Morgan fingerprint density at radius 2 is 1.81 bits per heavy atom. The molecule has 0 amide bonds. The van der Waals surface area contributed by atoms with Gasteiger partial charge < -0.3 is 10.1 Å². The van der Waals surface area contributed by atoms with E-state index in [4.69, 9.17) is 44.8 Å². The Bertz CT molecular complexity index is 711. The molecule has 3 nitrogen and oxygen atoms in total. The van der Waals surface area contributed by atoms with Gasteiger partial charge in [0.15, 0.2) is 0 Å². The summed E-state index contributed by atoms with van der Waals surface area (Å²) in [5, 5.41) is 13.5. The zero-order valence-corrected chi connectivity index (χ0v) is 13.4. The van der Waals surface area contributed by atoms with E-state index in [1.165, 1.54) is 7.11 Å². The number of nitriles is 1. The minimum Gasteiger partial charge on any atom is -0.495 e. The van der Waals surface area contributed by atoms with Crippen molar-refractivity contribution < 1.29 is 4.74 Å². The molecule has 2 aromatic rings. The Morgan fingerprint density at radius 3 is 2.48 bits per heavy atom. The molecule has 108 valence electrons. The first-order valence-electron chi connectivity index (χ1n) is 6.00. The first-order valence-corrected chi connectivity index (χ1v) is 7.14. The smallest absolute Gasteiger partial charge is 0.136 e. The Kier molecular flexibility index (Phi) is 5.19. The van der Waals surface area contributed by atoms with Crippen LogP contribution in [0.4, 0.5) is 5.69 Å². The predicted molar refractivity (Wildman–Crippen MR) is 86.5 cm³/mol. The van der Waals surface area contributed by atoms with Crippen molar-refractivity contribution in [2.24, 2.45) is 0 Å². The first-order chi connectivity index (χ1) is 10.0. The van der Waals surface area contributed by atoms with Gasteiger partial charge in [0.1, 0.15) is 11.8 Å². The minimum absolute atomic E-state index is 0.406. The molecular formula is C15H11Cl3N2O. The molecule has 0 aromatic heterocycles. The van der Waals surface area contributed by atoms with Crippen LogP contribution in [-0.2, 0) is 6.54 Å². The summed E-state index contributed by atoms with van der Waals surface area (Å²) in [4.78, 5) is 0. The second-order valence-corrected chi connectivity index (χ2v) is 5.47. The van der Waals surface area contributed by atoms with Crippen molar-refractivity contribution in [3.63, 3.8) is 0 Å². The minimum atomic E-state index is 0.406. The van der Waals surface area contributed by atoms with Crippen LogP contribution < -0.4 is 10.1 Å². The average Bonchev–Trinajstić information content (AvgIpc) is 2.49. The van der Waals surface area contributed by atoms with Crippen molar-refractivity contribution in [2.75, 3.05) is 12.4 Å².